The van der Waals surface area contributed by atoms with Gasteiger partial charge in [0.1, 0.15) is 13.2 Å². The zero-order valence-electron chi connectivity index (χ0n) is 12.7. The molecule has 0 fully saturated rings. The van der Waals surface area contributed by atoms with E-state index in [1.54, 1.807) is 13.0 Å². The molecule has 6 heteroatoms. The van der Waals surface area contributed by atoms with Crippen LogP contribution < -0.4 is 5.56 Å². The predicted molar refractivity (Wildman–Crippen MR) is 77.5 cm³/mol. The molecule has 0 aliphatic heterocycles. The van der Waals surface area contributed by atoms with E-state index in [4.69, 9.17) is 9.47 Å². The molecule has 0 aromatic carbocycles. The quantitative estimate of drug-likeness (QED) is 0.411. The molecule has 0 amide bonds. The molecule has 0 N–H and O–H groups in total. The second-order valence-electron chi connectivity index (χ2n) is 4.67. The number of ether oxygens (including phenoxy) is 2. The van der Waals surface area contributed by atoms with E-state index in [-0.39, 0.29) is 24.5 Å². The first-order valence-electron chi connectivity index (χ1n) is 6.92. The van der Waals surface area contributed by atoms with Crippen molar-refractivity contribution in [3.63, 3.8) is 0 Å². The van der Waals surface area contributed by atoms with Gasteiger partial charge in [-0.15, -0.1) is 0 Å². The maximum Gasteiger partial charge on any atom is 0.326 e. The molecule has 0 unspecified atom stereocenters. The first kappa shape index (κ1) is 17.1. The fourth-order valence-electron chi connectivity index (χ4n) is 1.77. The third-order valence-electron chi connectivity index (χ3n) is 2.90. The van der Waals surface area contributed by atoms with Gasteiger partial charge in [0.15, 0.2) is 5.78 Å². The number of ketones is 1. The number of esters is 1. The fraction of sp³-hybridized carbons (Fsp3) is 0.533. The topological polar surface area (TPSA) is 74.6 Å². The Bertz CT molecular complexity index is 562. The Hall–Kier alpha value is -1.95. The molecule has 6 nitrogen and oxygen atoms in total. The van der Waals surface area contributed by atoms with Gasteiger partial charge >= 0.3 is 5.97 Å². The van der Waals surface area contributed by atoms with Gasteiger partial charge in [-0.05, 0) is 32.4 Å². The summed E-state index contributed by atoms with van der Waals surface area (Å²) in [5.74, 6) is -0.851. The van der Waals surface area contributed by atoms with Crippen LogP contribution in [0.3, 0.4) is 0 Å². The van der Waals surface area contributed by atoms with Crippen LogP contribution in [0.1, 0.15) is 36.3 Å². The summed E-state index contributed by atoms with van der Waals surface area (Å²) in [6.45, 7) is 5.91. The van der Waals surface area contributed by atoms with Crippen LogP contribution in [0.25, 0.3) is 0 Å². The highest BCUT2D eigenvalue weighted by atomic mass is 16.6. The molecule has 1 aromatic rings. The van der Waals surface area contributed by atoms with Gasteiger partial charge in [-0.25, -0.2) is 0 Å². The minimum absolute atomic E-state index is 0.0691. The molecule has 0 spiro atoms. The first-order valence-corrected chi connectivity index (χ1v) is 6.92. The van der Waals surface area contributed by atoms with Crippen molar-refractivity contribution < 1.29 is 19.1 Å². The van der Waals surface area contributed by atoms with Crippen LogP contribution in [0.2, 0.25) is 0 Å². The minimum atomic E-state index is -0.527. The number of carbonyl (C=O) groups excluding carboxylic acids is 2. The van der Waals surface area contributed by atoms with E-state index in [1.165, 1.54) is 17.6 Å². The average Bonchev–Trinajstić information content (AvgIpc) is 2.42. The van der Waals surface area contributed by atoms with E-state index in [9.17, 15) is 14.4 Å². The van der Waals surface area contributed by atoms with Gasteiger partial charge in [0.05, 0.1) is 12.2 Å². The van der Waals surface area contributed by atoms with Gasteiger partial charge in [0.25, 0.3) is 5.56 Å². The summed E-state index contributed by atoms with van der Waals surface area (Å²) in [7, 11) is 0. The second kappa shape index (κ2) is 8.36. The van der Waals surface area contributed by atoms with E-state index >= 15 is 0 Å². The lowest BCUT2D eigenvalue weighted by atomic mass is 10.2. The molecule has 0 aliphatic rings. The molecule has 1 rings (SSSR count). The Morgan fingerprint density at radius 1 is 1.19 bits per heavy atom. The monoisotopic (exact) mass is 295 g/mol. The molecular formula is C15H21NO5. The minimum Gasteiger partial charge on any atom is -0.462 e. The number of carbonyl (C=O) groups is 2. The highest BCUT2D eigenvalue weighted by molar-refractivity contribution is 5.93. The van der Waals surface area contributed by atoms with Crippen LogP contribution in [0.4, 0.5) is 0 Å². The third-order valence-corrected chi connectivity index (χ3v) is 2.90. The van der Waals surface area contributed by atoms with Crippen molar-refractivity contribution in [1.82, 2.24) is 4.57 Å². The summed E-state index contributed by atoms with van der Waals surface area (Å²) in [6, 6.07) is 3.11. The Morgan fingerprint density at radius 2 is 1.90 bits per heavy atom. The SMILES string of the molecule is CCCOCCOC(=O)Cn1c(C)ccc(C(C)=O)c1=O. The second-order valence-corrected chi connectivity index (χ2v) is 4.67. The van der Waals surface area contributed by atoms with Crippen molar-refractivity contribution in [1.29, 1.82) is 0 Å². The van der Waals surface area contributed by atoms with Crippen LogP contribution in [-0.4, -0.2) is 36.1 Å². The van der Waals surface area contributed by atoms with E-state index in [1.807, 2.05) is 6.92 Å². The highest BCUT2D eigenvalue weighted by Gasteiger charge is 2.13. The molecule has 21 heavy (non-hydrogen) atoms. The van der Waals surface area contributed by atoms with Gasteiger partial charge < -0.3 is 14.0 Å². The molecule has 0 aliphatic carbocycles. The van der Waals surface area contributed by atoms with Crippen LogP contribution in [-0.2, 0) is 20.8 Å². The average molecular weight is 295 g/mol. The molecule has 1 aromatic heterocycles. The van der Waals surface area contributed by atoms with Gasteiger partial charge in [-0.2, -0.15) is 0 Å². The third kappa shape index (κ3) is 5.15. The molecule has 0 saturated carbocycles. The van der Waals surface area contributed by atoms with E-state index < -0.39 is 11.5 Å². The smallest absolute Gasteiger partial charge is 0.326 e. The number of aryl methyl sites for hydroxylation is 1. The van der Waals surface area contributed by atoms with Gasteiger partial charge in [-0.3, -0.25) is 14.4 Å². The van der Waals surface area contributed by atoms with Gasteiger partial charge in [0, 0.05) is 12.3 Å². The molecule has 0 atom stereocenters. The standard InChI is InChI=1S/C15H21NO5/c1-4-7-20-8-9-21-14(18)10-16-11(2)5-6-13(12(3)17)15(16)19/h5-6H,4,7-10H2,1-3H3. The molecule has 0 saturated heterocycles. The molecule has 0 radical (unpaired) electrons. The lowest BCUT2D eigenvalue weighted by Gasteiger charge is -2.11. The predicted octanol–water partition coefficient (Wildman–Crippen LogP) is 1.33. The van der Waals surface area contributed by atoms with Crippen LogP contribution in [0, 0.1) is 6.92 Å². The number of nitrogens with zero attached hydrogens (tertiary/aromatic N) is 1. The lowest BCUT2D eigenvalue weighted by Crippen LogP contribution is -2.31. The van der Waals surface area contributed by atoms with Crippen LogP contribution >= 0.6 is 0 Å². The van der Waals surface area contributed by atoms with Crippen LogP contribution in [0.15, 0.2) is 16.9 Å². The number of Topliss-reactive ketones (excluding diaryl/α,β-unsaturated/α-hetero) is 1. The Labute approximate surface area is 123 Å². The van der Waals surface area contributed by atoms with Crippen molar-refractivity contribution in [2.24, 2.45) is 0 Å². The number of hydrogen-bond donors (Lipinski definition) is 0. The summed E-state index contributed by atoms with van der Waals surface area (Å²) in [5, 5.41) is 0. The number of rotatable bonds is 8. The maximum absolute atomic E-state index is 12.1. The van der Waals surface area contributed by atoms with Gasteiger partial charge in [0.2, 0.25) is 0 Å². The summed E-state index contributed by atoms with van der Waals surface area (Å²) < 4.78 is 11.4. The van der Waals surface area contributed by atoms with Gasteiger partial charge in [-0.1, -0.05) is 6.92 Å². The zero-order chi connectivity index (χ0) is 15.8. The van der Waals surface area contributed by atoms with E-state index in [0.29, 0.717) is 18.9 Å². The maximum atomic E-state index is 12.1. The molecule has 0 bridgehead atoms. The lowest BCUT2D eigenvalue weighted by molar-refractivity contribution is -0.146. The van der Waals surface area contributed by atoms with Crippen LogP contribution in [0.5, 0.6) is 0 Å². The van der Waals surface area contributed by atoms with E-state index in [0.717, 1.165) is 6.42 Å². The Morgan fingerprint density at radius 3 is 2.52 bits per heavy atom. The van der Waals surface area contributed by atoms with Crippen molar-refractivity contribution >= 4 is 11.8 Å². The summed E-state index contributed by atoms with van der Waals surface area (Å²) in [4.78, 5) is 35.1. The number of hydrogen-bond acceptors (Lipinski definition) is 5. The fourth-order valence-corrected chi connectivity index (χ4v) is 1.77. The van der Waals surface area contributed by atoms with Crippen molar-refractivity contribution in [2.75, 3.05) is 19.8 Å². The highest BCUT2D eigenvalue weighted by Crippen LogP contribution is 2.00. The zero-order valence-corrected chi connectivity index (χ0v) is 12.7. The van der Waals surface area contributed by atoms with E-state index in [2.05, 4.69) is 0 Å². The summed E-state index contributed by atoms with van der Waals surface area (Å²) >= 11 is 0. The summed E-state index contributed by atoms with van der Waals surface area (Å²) in [6.07, 6.45) is 0.903. The largest absolute Gasteiger partial charge is 0.462 e. The van der Waals surface area contributed by atoms with Crippen molar-refractivity contribution in [2.45, 2.75) is 33.7 Å². The van der Waals surface area contributed by atoms with Crippen molar-refractivity contribution in [3.8, 4) is 0 Å². The molecular weight excluding hydrogens is 274 g/mol. The van der Waals surface area contributed by atoms with Crippen molar-refractivity contribution in [3.05, 3.63) is 33.7 Å². The first-order chi connectivity index (χ1) is 9.97. The number of pyridine rings is 1. The normalized spacial score (nSPS) is 10.4. The number of aromatic nitrogens is 1. The summed E-state index contributed by atoms with van der Waals surface area (Å²) in [5.41, 5.74) is 0.200. The Balaban J connectivity index is 2.66. The molecule has 116 valence electrons. The Kier molecular flexibility index (Phi) is 6.81. The molecule has 1 heterocycles.